The van der Waals surface area contributed by atoms with Crippen LogP contribution in [-0.2, 0) is 9.53 Å². The third-order valence-corrected chi connectivity index (χ3v) is 10.1. The van der Waals surface area contributed by atoms with E-state index in [4.69, 9.17) is 14.6 Å². The second-order valence-electron chi connectivity index (χ2n) is 12.1. The van der Waals surface area contributed by atoms with Gasteiger partial charge in [0.1, 0.15) is 5.60 Å². The number of halogens is 3. The number of piperidine rings is 2. The van der Waals surface area contributed by atoms with Crippen LogP contribution in [0, 0.1) is 5.92 Å². The van der Waals surface area contributed by atoms with Gasteiger partial charge in [-0.25, -0.2) is 9.59 Å². The number of ether oxygens (including phenoxy) is 1. The molecule has 4 aliphatic rings. The first-order chi connectivity index (χ1) is 20.0. The molecule has 1 aliphatic carbocycles. The number of rotatable bonds is 7. The molecule has 0 radical (unpaired) electrons. The van der Waals surface area contributed by atoms with Gasteiger partial charge in [0.2, 0.25) is 0 Å². The van der Waals surface area contributed by atoms with Gasteiger partial charge < -0.3 is 19.6 Å². The predicted molar refractivity (Wildman–Crippen MR) is 154 cm³/mol. The Morgan fingerprint density at radius 1 is 1.07 bits per heavy atom. The second-order valence-corrected chi connectivity index (χ2v) is 12.9. The van der Waals surface area contributed by atoms with Crippen molar-refractivity contribution in [2.24, 2.45) is 5.92 Å². The van der Waals surface area contributed by atoms with Crippen LogP contribution in [0.25, 0.3) is 0 Å². The van der Waals surface area contributed by atoms with Crippen molar-refractivity contribution in [2.45, 2.75) is 108 Å². The zero-order chi connectivity index (χ0) is 30.3. The molecular weight excluding hydrogens is 571 g/mol. The number of nitrogens with zero attached hydrogens (tertiary/aromatic N) is 3. The highest BCUT2D eigenvalue weighted by molar-refractivity contribution is 7.08. The van der Waals surface area contributed by atoms with Crippen LogP contribution in [0.15, 0.2) is 16.8 Å². The highest BCUT2D eigenvalue weighted by Gasteiger charge is 2.55. The first-order valence-electron chi connectivity index (χ1n) is 15.4. The number of carbonyl (C=O) groups excluding carboxylic acids is 2. The monoisotopic (exact) mass is 615 g/mol. The molecule has 0 bridgehead atoms. The summed E-state index contributed by atoms with van der Waals surface area (Å²) in [6.07, 6.45) is 8.71. The summed E-state index contributed by atoms with van der Waals surface area (Å²) in [5, 5.41) is 11.1. The van der Waals surface area contributed by atoms with E-state index in [9.17, 15) is 22.8 Å². The minimum atomic E-state index is -5.08. The molecule has 12 heteroatoms. The number of alkyl halides is 3. The van der Waals surface area contributed by atoms with Crippen molar-refractivity contribution in [2.75, 3.05) is 32.7 Å². The maximum Gasteiger partial charge on any atom is 0.490 e. The minimum Gasteiger partial charge on any atom is -0.475 e. The lowest BCUT2D eigenvalue weighted by molar-refractivity contribution is -0.192. The number of carboxylic acids is 1. The number of carbonyl (C=O) groups is 3. The first kappa shape index (κ1) is 32.6. The molecule has 4 fully saturated rings. The molecule has 1 aromatic heterocycles. The molecule has 5 rings (SSSR count). The molecule has 1 atom stereocenters. The third kappa shape index (κ3) is 7.98. The van der Waals surface area contributed by atoms with Gasteiger partial charge in [-0.15, -0.1) is 0 Å². The number of carboxylic acid groups (broad SMARTS) is 1. The van der Waals surface area contributed by atoms with Crippen molar-refractivity contribution >= 4 is 29.3 Å². The van der Waals surface area contributed by atoms with E-state index in [1.807, 2.05) is 21.7 Å². The van der Waals surface area contributed by atoms with Crippen LogP contribution in [-0.4, -0.2) is 94.4 Å². The standard InChI is InChI=1S/C28H43N3O3S.C2HF3O2/c1-2-3-9-25-28(34-27(33)31(25)20-22-7-5-4-6-8-22)13-17-29(18-14-28)24-10-15-30(16-11-24)26(32)23-12-19-35-21-23;3-2(4,5)1(6)7/h12,19,21-22,24-25H,2-11,13-18,20H2,1H3;(H,6,7). The molecule has 1 saturated carbocycles. The Kier molecular flexibility index (Phi) is 11.2. The summed E-state index contributed by atoms with van der Waals surface area (Å²) in [5.41, 5.74) is 0.528. The molecule has 3 saturated heterocycles. The van der Waals surface area contributed by atoms with Crippen molar-refractivity contribution in [1.82, 2.24) is 14.7 Å². The molecule has 4 heterocycles. The fourth-order valence-electron chi connectivity index (χ4n) is 7.08. The molecule has 3 aliphatic heterocycles. The van der Waals surface area contributed by atoms with Crippen LogP contribution in [0.3, 0.4) is 0 Å². The van der Waals surface area contributed by atoms with Crippen LogP contribution in [0.1, 0.15) is 94.3 Å². The fraction of sp³-hybridized carbons (Fsp3) is 0.767. The van der Waals surface area contributed by atoms with Gasteiger partial charge in [0.15, 0.2) is 0 Å². The Labute approximate surface area is 250 Å². The average molecular weight is 616 g/mol. The summed E-state index contributed by atoms with van der Waals surface area (Å²) >= 11 is 1.58. The Morgan fingerprint density at radius 3 is 2.26 bits per heavy atom. The summed E-state index contributed by atoms with van der Waals surface area (Å²) in [6, 6.07) is 2.70. The summed E-state index contributed by atoms with van der Waals surface area (Å²) < 4.78 is 38.0. The van der Waals surface area contributed by atoms with E-state index in [-0.39, 0.29) is 23.6 Å². The zero-order valence-corrected chi connectivity index (χ0v) is 25.3. The lowest BCUT2D eigenvalue weighted by Gasteiger charge is -2.46. The van der Waals surface area contributed by atoms with E-state index in [1.165, 1.54) is 32.1 Å². The van der Waals surface area contributed by atoms with E-state index < -0.39 is 12.1 Å². The quantitative estimate of drug-likeness (QED) is 0.381. The highest BCUT2D eigenvalue weighted by Crippen LogP contribution is 2.43. The van der Waals surface area contributed by atoms with Gasteiger partial charge in [-0.3, -0.25) is 9.69 Å². The van der Waals surface area contributed by atoms with Gasteiger partial charge in [-0.2, -0.15) is 24.5 Å². The lowest BCUT2D eigenvalue weighted by Crippen LogP contribution is -2.56. The average Bonchev–Trinajstić information content (AvgIpc) is 3.60. The van der Waals surface area contributed by atoms with Gasteiger partial charge in [0.25, 0.3) is 5.91 Å². The van der Waals surface area contributed by atoms with E-state index in [2.05, 4.69) is 16.7 Å². The van der Waals surface area contributed by atoms with Crippen LogP contribution in [0.2, 0.25) is 0 Å². The molecule has 1 aromatic rings. The second kappa shape index (κ2) is 14.4. The lowest BCUT2D eigenvalue weighted by atomic mass is 9.80. The molecule has 1 spiro atoms. The molecule has 236 valence electrons. The normalized spacial score (nSPS) is 23.9. The summed E-state index contributed by atoms with van der Waals surface area (Å²) in [6.45, 7) is 6.81. The number of aliphatic carboxylic acids is 1. The number of thiophene rings is 1. The maximum absolute atomic E-state index is 13.1. The molecule has 2 amide bonds. The maximum atomic E-state index is 13.1. The molecule has 0 aromatic carbocycles. The van der Waals surface area contributed by atoms with Crippen molar-refractivity contribution in [3.63, 3.8) is 0 Å². The molecule has 1 unspecified atom stereocenters. The number of unbranched alkanes of at least 4 members (excludes halogenated alkanes) is 1. The van der Waals surface area contributed by atoms with E-state index >= 15 is 0 Å². The predicted octanol–water partition coefficient (Wildman–Crippen LogP) is 6.41. The van der Waals surface area contributed by atoms with Gasteiger partial charge in [0, 0.05) is 57.0 Å². The number of hydrogen-bond acceptors (Lipinski definition) is 6. The number of amides is 2. The van der Waals surface area contributed by atoms with Crippen LogP contribution >= 0.6 is 11.3 Å². The first-order valence-corrected chi connectivity index (χ1v) is 16.3. The van der Waals surface area contributed by atoms with E-state index in [0.29, 0.717) is 12.0 Å². The Morgan fingerprint density at radius 2 is 1.71 bits per heavy atom. The molecule has 42 heavy (non-hydrogen) atoms. The largest absolute Gasteiger partial charge is 0.490 e. The molecular formula is C30H44F3N3O5S. The van der Waals surface area contributed by atoms with E-state index in [1.54, 1.807) is 11.3 Å². The minimum absolute atomic E-state index is 0.0506. The molecule has 1 N–H and O–H groups in total. The van der Waals surface area contributed by atoms with Gasteiger partial charge in [-0.1, -0.05) is 39.0 Å². The van der Waals surface area contributed by atoms with Gasteiger partial charge in [0.05, 0.1) is 11.6 Å². The number of likely N-dealkylation sites (tertiary alicyclic amines) is 2. The topological polar surface area (TPSA) is 90.4 Å². The third-order valence-electron chi connectivity index (χ3n) is 9.44. The molecule has 8 nitrogen and oxygen atoms in total. The number of hydrogen-bond donors (Lipinski definition) is 1. The Hall–Kier alpha value is -2.34. The Balaban J connectivity index is 0.000000517. The Bertz CT molecular complexity index is 1030. The van der Waals surface area contributed by atoms with Crippen LogP contribution in [0.5, 0.6) is 0 Å². The van der Waals surface area contributed by atoms with Crippen LogP contribution < -0.4 is 0 Å². The SMILES string of the molecule is CCCCC1N(CC2CCCCC2)C(=O)OC12CCN(C1CCN(C(=O)c3ccsc3)CC1)CC2.O=C(O)C(F)(F)F. The summed E-state index contributed by atoms with van der Waals surface area (Å²) in [5.74, 6) is -1.93. The zero-order valence-electron chi connectivity index (χ0n) is 24.4. The van der Waals surface area contributed by atoms with Crippen LogP contribution in [0.4, 0.5) is 18.0 Å². The fourth-order valence-corrected chi connectivity index (χ4v) is 7.71. The van der Waals surface area contributed by atoms with Crippen molar-refractivity contribution in [1.29, 1.82) is 0 Å². The van der Waals surface area contributed by atoms with Gasteiger partial charge in [-0.05, 0) is 49.5 Å². The summed E-state index contributed by atoms with van der Waals surface area (Å²) in [7, 11) is 0. The van der Waals surface area contributed by atoms with Crippen molar-refractivity contribution in [3.8, 4) is 0 Å². The van der Waals surface area contributed by atoms with Gasteiger partial charge >= 0.3 is 18.2 Å². The van der Waals surface area contributed by atoms with Crippen molar-refractivity contribution < 1.29 is 37.4 Å². The highest BCUT2D eigenvalue weighted by atomic mass is 32.1. The van der Waals surface area contributed by atoms with Crippen molar-refractivity contribution in [3.05, 3.63) is 22.4 Å². The van der Waals surface area contributed by atoms with E-state index in [0.717, 1.165) is 83.2 Å². The summed E-state index contributed by atoms with van der Waals surface area (Å²) in [4.78, 5) is 41.5. The smallest absolute Gasteiger partial charge is 0.475 e.